The predicted molar refractivity (Wildman–Crippen MR) is 198 cm³/mol. The number of hydrogen-bond donors (Lipinski definition) is 1. The van der Waals surface area contributed by atoms with Gasteiger partial charge in [-0.1, -0.05) is 112 Å². The average Bonchev–Trinajstić information content (AvgIpc) is 3.80. The van der Waals surface area contributed by atoms with E-state index in [0.717, 1.165) is 23.0 Å². The molecule has 0 saturated carbocycles. The molecule has 8 heteroatoms. The highest BCUT2D eigenvalue weighted by atomic mass is 28.4. The van der Waals surface area contributed by atoms with Crippen LogP contribution in [0.4, 0.5) is 0 Å². The zero-order valence-electron chi connectivity index (χ0n) is 28.1. The third-order valence-corrected chi connectivity index (χ3v) is 14.4. The molecule has 7 rings (SSSR count). The number of aryl methyl sites for hydroxylation is 1. The molecule has 1 N–H and O–H groups in total. The largest absolute Gasteiger partial charge is 0.407 e. The van der Waals surface area contributed by atoms with Gasteiger partial charge >= 0.3 is 0 Å². The molecule has 0 atom stereocenters. The Morgan fingerprint density at radius 1 is 0.755 bits per heavy atom. The van der Waals surface area contributed by atoms with E-state index in [0.29, 0.717) is 42.0 Å². The van der Waals surface area contributed by atoms with Crippen molar-refractivity contribution in [2.24, 2.45) is 0 Å². The molecule has 2 amide bonds. The van der Waals surface area contributed by atoms with Crippen LogP contribution in [-0.4, -0.2) is 40.9 Å². The molecule has 246 valence electrons. The number of imide groups is 1. The summed E-state index contributed by atoms with van der Waals surface area (Å²) in [6.07, 6.45) is 8.35. The smallest absolute Gasteiger partial charge is 0.261 e. The molecule has 0 bridgehead atoms. The molecule has 0 fully saturated rings. The van der Waals surface area contributed by atoms with E-state index in [1.807, 2.05) is 59.6 Å². The van der Waals surface area contributed by atoms with Gasteiger partial charge in [-0.05, 0) is 45.6 Å². The van der Waals surface area contributed by atoms with Crippen molar-refractivity contribution in [2.75, 3.05) is 6.61 Å². The van der Waals surface area contributed by atoms with Crippen LogP contribution in [0.5, 0.6) is 0 Å². The first kappa shape index (κ1) is 32.2. The standard InChI is InChI=1S/C41H40N4O3Si/c1-41(2,3)49(32-17-9-5-10-18-32,33-19-11-6-12-20-33)48-26-14-24-45-29-35(34-21-13-23-42-38(34)45)37-36(39(46)43-40(37)47)31-22-25-44(28-31)27-30-15-7-4-8-16-30/h4-13,15-23,25,28-29H,14,24,26-27H2,1-3H3,(H,43,46,47). The number of fused-ring (bicyclic) bond motifs is 1. The van der Waals surface area contributed by atoms with Gasteiger partial charge in [-0.2, -0.15) is 0 Å². The summed E-state index contributed by atoms with van der Waals surface area (Å²) in [5, 5.41) is 5.77. The van der Waals surface area contributed by atoms with E-state index >= 15 is 0 Å². The number of carbonyl (C=O) groups excluding carboxylic acids is 2. The maximum atomic E-state index is 13.4. The molecule has 1 aliphatic heterocycles. The maximum Gasteiger partial charge on any atom is 0.261 e. The van der Waals surface area contributed by atoms with Crippen LogP contribution in [0.15, 0.2) is 134 Å². The number of benzene rings is 3. The molecule has 0 aliphatic carbocycles. The van der Waals surface area contributed by atoms with E-state index in [1.165, 1.54) is 10.4 Å². The van der Waals surface area contributed by atoms with Crippen LogP contribution in [0.1, 0.15) is 43.9 Å². The summed E-state index contributed by atoms with van der Waals surface area (Å²) in [6, 6.07) is 37.2. The van der Waals surface area contributed by atoms with E-state index in [9.17, 15) is 9.59 Å². The Hall–Kier alpha value is -5.31. The number of nitrogens with zero attached hydrogens (tertiary/aromatic N) is 3. The zero-order valence-corrected chi connectivity index (χ0v) is 29.1. The molecule has 4 heterocycles. The van der Waals surface area contributed by atoms with Crippen LogP contribution in [0.3, 0.4) is 0 Å². The molecule has 1 aliphatic rings. The van der Waals surface area contributed by atoms with Crippen LogP contribution in [0.25, 0.3) is 22.2 Å². The Kier molecular flexibility index (Phi) is 8.75. The third kappa shape index (κ3) is 6.09. The van der Waals surface area contributed by atoms with Gasteiger partial charge in [-0.25, -0.2) is 4.98 Å². The van der Waals surface area contributed by atoms with E-state index in [4.69, 9.17) is 9.41 Å². The number of aromatic nitrogens is 3. The van der Waals surface area contributed by atoms with Crippen molar-refractivity contribution in [1.29, 1.82) is 0 Å². The summed E-state index contributed by atoms with van der Waals surface area (Å²) in [4.78, 5) is 31.4. The first-order valence-corrected chi connectivity index (χ1v) is 18.7. The zero-order chi connectivity index (χ0) is 34.0. The topological polar surface area (TPSA) is 78.1 Å². The van der Waals surface area contributed by atoms with Gasteiger partial charge in [0.15, 0.2) is 0 Å². The first-order valence-electron chi connectivity index (χ1n) is 16.8. The normalized spacial score (nSPS) is 13.8. The monoisotopic (exact) mass is 664 g/mol. The van der Waals surface area contributed by atoms with Gasteiger partial charge in [-0.3, -0.25) is 14.9 Å². The second kappa shape index (κ2) is 13.3. The summed E-state index contributed by atoms with van der Waals surface area (Å²) >= 11 is 0. The second-order valence-electron chi connectivity index (χ2n) is 13.6. The number of pyridine rings is 1. The van der Waals surface area contributed by atoms with Crippen molar-refractivity contribution in [2.45, 2.75) is 45.3 Å². The van der Waals surface area contributed by atoms with Gasteiger partial charge in [0.2, 0.25) is 0 Å². The van der Waals surface area contributed by atoms with Crippen molar-refractivity contribution >= 4 is 52.7 Å². The lowest BCUT2D eigenvalue weighted by molar-refractivity contribution is -0.122. The number of rotatable bonds is 11. The Morgan fingerprint density at radius 3 is 2.04 bits per heavy atom. The molecular weight excluding hydrogens is 625 g/mol. The maximum absolute atomic E-state index is 13.4. The van der Waals surface area contributed by atoms with Crippen molar-refractivity contribution in [3.63, 3.8) is 0 Å². The summed E-state index contributed by atoms with van der Waals surface area (Å²) in [5.41, 5.74) is 4.09. The lowest BCUT2D eigenvalue weighted by Crippen LogP contribution is -2.66. The number of nitrogens with one attached hydrogen (secondary N) is 1. The van der Waals surface area contributed by atoms with Gasteiger partial charge in [0.1, 0.15) is 5.65 Å². The Bertz CT molecular complexity index is 2110. The number of carbonyl (C=O) groups is 2. The highest BCUT2D eigenvalue weighted by molar-refractivity contribution is 6.99. The summed E-state index contributed by atoms with van der Waals surface area (Å²) in [6.45, 7) is 8.70. The summed E-state index contributed by atoms with van der Waals surface area (Å²) < 4.78 is 11.3. The summed E-state index contributed by atoms with van der Waals surface area (Å²) in [7, 11) is -2.67. The van der Waals surface area contributed by atoms with Crippen molar-refractivity contribution in [1.82, 2.24) is 19.4 Å². The minimum atomic E-state index is -2.67. The lowest BCUT2D eigenvalue weighted by Gasteiger charge is -2.43. The summed E-state index contributed by atoms with van der Waals surface area (Å²) in [5.74, 6) is -0.783. The fraction of sp³-hybridized carbons (Fsp3) is 0.195. The first-order chi connectivity index (χ1) is 23.8. The van der Waals surface area contributed by atoms with E-state index in [-0.39, 0.29) is 10.9 Å². The Labute approximate surface area is 288 Å². The van der Waals surface area contributed by atoms with Crippen LogP contribution in [0, 0.1) is 0 Å². The average molecular weight is 665 g/mol. The predicted octanol–water partition coefficient (Wildman–Crippen LogP) is 6.42. The molecular formula is C41H40N4O3Si. The van der Waals surface area contributed by atoms with Crippen LogP contribution < -0.4 is 15.7 Å². The van der Waals surface area contributed by atoms with Crippen molar-refractivity contribution in [3.05, 3.63) is 151 Å². The van der Waals surface area contributed by atoms with Gasteiger partial charge in [0.25, 0.3) is 20.1 Å². The lowest BCUT2D eigenvalue weighted by atomic mass is 9.98. The van der Waals surface area contributed by atoms with Crippen LogP contribution >= 0.6 is 0 Å². The number of amides is 2. The Balaban J connectivity index is 1.19. The minimum absolute atomic E-state index is 0.115. The third-order valence-electron chi connectivity index (χ3n) is 9.36. The quantitative estimate of drug-likeness (QED) is 0.0986. The van der Waals surface area contributed by atoms with Crippen molar-refractivity contribution in [3.8, 4) is 0 Å². The van der Waals surface area contributed by atoms with E-state index in [1.54, 1.807) is 6.20 Å². The molecule has 6 aromatic rings. The van der Waals surface area contributed by atoms with Crippen LogP contribution in [0.2, 0.25) is 5.04 Å². The van der Waals surface area contributed by atoms with Gasteiger partial charge < -0.3 is 13.6 Å². The van der Waals surface area contributed by atoms with Gasteiger partial charge in [0.05, 0.1) is 11.1 Å². The van der Waals surface area contributed by atoms with Crippen LogP contribution in [-0.2, 0) is 27.1 Å². The highest BCUT2D eigenvalue weighted by Gasteiger charge is 2.50. The van der Waals surface area contributed by atoms with E-state index in [2.05, 4.69) is 103 Å². The van der Waals surface area contributed by atoms with Gasteiger partial charge in [0, 0.05) is 61.0 Å². The fourth-order valence-electron chi connectivity index (χ4n) is 7.18. The molecule has 7 nitrogen and oxygen atoms in total. The van der Waals surface area contributed by atoms with E-state index < -0.39 is 14.2 Å². The molecule has 0 radical (unpaired) electrons. The van der Waals surface area contributed by atoms with Crippen molar-refractivity contribution < 1.29 is 14.0 Å². The SMILES string of the molecule is CC(C)(C)[Si](OCCCn1cc(C2=C(c3ccn(Cc4ccccc4)c3)C(=O)NC2=O)c2cccnc21)(c1ccccc1)c1ccccc1. The highest BCUT2D eigenvalue weighted by Crippen LogP contribution is 2.38. The molecule has 0 unspecified atom stereocenters. The number of hydrogen-bond acceptors (Lipinski definition) is 4. The van der Waals surface area contributed by atoms with Gasteiger partial charge in [-0.15, -0.1) is 0 Å². The molecule has 0 saturated heterocycles. The Morgan fingerprint density at radius 2 is 1.39 bits per heavy atom. The fourth-order valence-corrected chi connectivity index (χ4v) is 11.8. The molecule has 49 heavy (non-hydrogen) atoms. The minimum Gasteiger partial charge on any atom is -0.407 e. The second-order valence-corrected chi connectivity index (χ2v) is 17.9. The molecule has 3 aromatic carbocycles. The molecule has 0 spiro atoms. The molecule has 3 aromatic heterocycles.